The highest BCUT2D eigenvalue weighted by atomic mass is 16.5. The van der Waals surface area contributed by atoms with Crippen molar-refractivity contribution < 1.29 is 4.74 Å². The summed E-state index contributed by atoms with van der Waals surface area (Å²) < 4.78 is 5.68. The third kappa shape index (κ3) is 2.40. The molecule has 1 fully saturated rings. The zero-order chi connectivity index (χ0) is 10.7. The van der Waals surface area contributed by atoms with E-state index in [4.69, 9.17) is 4.74 Å². The Morgan fingerprint density at radius 3 is 2.40 bits per heavy atom. The van der Waals surface area contributed by atoms with E-state index in [-0.39, 0.29) is 0 Å². The summed E-state index contributed by atoms with van der Waals surface area (Å²) in [4.78, 5) is 0. The van der Waals surface area contributed by atoms with Crippen molar-refractivity contribution in [3.8, 4) is 0 Å². The van der Waals surface area contributed by atoms with Crippen LogP contribution >= 0.6 is 0 Å². The van der Waals surface area contributed by atoms with Crippen molar-refractivity contribution in [2.24, 2.45) is 5.92 Å². The third-order valence-electron chi connectivity index (χ3n) is 3.42. The predicted octanol–water partition coefficient (Wildman–Crippen LogP) is 3.61. The smallest absolute Gasteiger partial charge is 0.0667 e. The van der Waals surface area contributed by atoms with E-state index in [0.29, 0.717) is 12.0 Å². The first kappa shape index (κ1) is 10.7. The molecule has 2 atom stereocenters. The van der Waals surface area contributed by atoms with E-state index < -0.39 is 0 Å². The van der Waals surface area contributed by atoms with Gasteiger partial charge in [0.05, 0.1) is 6.10 Å². The van der Waals surface area contributed by atoms with Gasteiger partial charge in [-0.3, -0.25) is 0 Å². The molecule has 1 aromatic rings. The van der Waals surface area contributed by atoms with Crippen molar-refractivity contribution in [3.05, 3.63) is 35.9 Å². The highest BCUT2D eigenvalue weighted by Crippen LogP contribution is 2.41. The Balaban J connectivity index is 2.15. The van der Waals surface area contributed by atoms with E-state index in [1.807, 2.05) is 7.11 Å². The van der Waals surface area contributed by atoms with Gasteiger partial charge in [0, 0.05) is 13.0 Å². The van der Waals surface area contributed by atoms with Crippen LogP contribution in [0.4, 0.5) is 0 Å². The summed E-state index contributed by atoms with van der Waals surface area (Å²) in [7, 11) is 1.86. The molecule has 82 valence electrons. The fourth-order valence-corrected chi connectivity index (χ4v) is 2.47. The molecule has 1 saturated carbocycles. The summed E-state index contributed by atoms with van der Waals surface area (Å²) in [6, 6.07) is 10.8. The van der Waals surface area contributed by atoms with Gasteiger partial charge in [0.15, 0.2) is 0 Å². The van der Waals surface area contributed by atoms with Gasteiger partial charge in [-0.1, -0.05) is 37.3 Å². The maximum absolute atomic E-state index is 5.68. The summed E-state index contributed by atoms with van der Waals surface area (Å²) in [6.07, 6.45) is 4.29. The van der Waals surface area contributed by atoms with Crippen LogP contribution in [0, 0.1) is 5.92 Å². The largest absolute Gasteiger partial charge is 0.381 e. The Morgan fingerprint density at radius 2 is 1.93 bits per heavy atom. The number of hydrogen-bond acceptors (Lipinski definition) is 1. The molecular weight excluding hydrogens is 184 g/mol. The molecule has 1 aromatic carbocycles. The third-order valence-corrected chi connectivity index (χ3v) is 3.42. The van der Waals surface area contributed by atoms with Gasteiger partial charge in [-0.15, -0.1) is 0 Å². The highest BCUT2D eigenvalue weighted by molar-refractivity contribution is 5.21. The van der Waals surface area contributed by atoms with Crippen LogP contribution in [0.2, 0.25) is 0 Å². The molecule has 0 aliphatic heterocycles. The van der Waals surface area contributed by atoms with Crippen LogP contribution in [-0.4, -0.2) is 13.2 Å². The van der Waals surface area contributed by atoms with Crippen LogP contribution in [0.25, 0.3) is 0 Å². The Hall–Kier alpha value is -0.820. The molecule has 0 bridgehead atoms. The van der Waals surface area contributed by atoms with Gasteiger partial charge < -0.3 is 4.74 Å². The molecule has 1 aliphatic carbocycles. The van der Waals surface area contributed by atoms with Crippen molar-refractivity contribution in [1.82, 2.24) is 0 Å². The van der Waals surface area contributed by atoms with Crippen molar-refractivity contribution in [3.63, 3.8) is 0 Å². The number of methoxy groups -OCH3 is 1. The fourth-order valence-electron chi connectivity index (χ4n) is 2.47. The molecule has 1 nitrogen and oxygen atoms in total. The number of rotatable bonds is 5. The molecule has 1 aliphatic rings. The second-order valence-corrected chi connectivity index (χ2v) is 4.46. The second kappa shape index (κ2) is 4.80. The molecule has 0 aromatic heterocycles. The van der Waals surface area contributed by atoms with Gasteiger partial charge in [0.1, 0.15) is 0 Å². The number of benzene rings is 1. The van der Waals surface area contributed by atoms with Crippen LogP contribution in [0.1, 0.15) is 37.7 Å². The Bertz CT molecular complexity index is 289. The summed E-state index contributed by atoms with van der Waals surface area (Å²) in [5, 5.41) is 0. The topological polar surface area (TPSA) is 9.23 Å². The zero-order valence-corrected chi connectivity index (χ0v) is 9.65. The van der Waals surface area contributed by atoms with Crippen LogP contribution in [-0.2, 0) is 4.74 Å². The summed E-state index contributed by atoms with van der Waals surface area (Å²) in [5.41, 5.74) is 1.43. The Morgan fingerprint density at radius 1 is 1.27 bits per heavy atom. The van der Waals surface area contributed by atoms with Crippen molar-refractivity contribution in [1.29, 1.82) is 0 Å². The second-order valence-electron chi connectivity index (χ2n) is 4.46. The van der Waals surface area contributed by atoms with Gasteiger partial charge in [0.2, 0.25) is 0 Å². The van der Waals surface area contributed by atoms with Crippen LogP contribution in [0.5, 0.6) is 0 Å². The van der Waals surface area contributed by atoms with Crippen LogP contribution in [0.3, 0.4) is 0 Å². The Kier molecular flexibility index (Phi) is 3.42. The molecule has 0 N–H and O–H groups in total. The summed E-state index contributed by atoms with van der Waals surface area (Å²) in [5.74, 6) is 1.38. The molecule has 0 heterocycles. The first-order valence-corrected chi connectivity index (χ1v) is 5.94. The van der Waals surface area contributed by atoms with E-state index in [1.165, 1.54) is 24.8 Å². The first-order valence-electron chi connectivity index (χ1n) is 5.94. The molecule has 1 heteroatoms. The standard InChI is InChI=1S/C14H20O/c1-3-13(11-7-5-4-6-8-11)14(15-2)12-9-10-12/h4-8,12-14H,3,9-10H2,1-2H3. The minimum Gasteiger partial charge on any atom is -0.381 e. The number of hydrogen-bond donors (Lipinski definition) is 0. The molecule has 2 rings (SSSR count). The molecule has 0 amide bonds. The van der Waals surface area contributed by atoms with E-state index in [0.717, 1.165) is 5.92 Å². The van der Waals surface area contributed by atoms with Gasteiger partial charge in [-0.05, 0) is 30.7 Å². The molecular formula is C14H20O. The van der Waals surface area contributed by atoms with Crippen LogP contribution < -0.4 is 0 Å². The molecule has 0 saturated heterocycles. The van der Waals surface area contributed by atoms with Gasteiger partial charge >= 0.3 is 0 Å². The zero-order valence-electron chi connectivity index (χ0n) is 9.65. The van der Waals surface area contributed by atoms with E-state index >= 15 is 0 Å². The van der Waals surface area contributed by atoms with Crippen LogP contribution in [0.15, 0.2) is 30.3 Å². The Labute approximate surface area is 92.5 Å². The lowest BCUT2D eigenvalue weighted by Gasteiger charge is -2.25. The minimum absolute atomic E-state index is 0.428. The average molecular weight is 204 g/mol. The van der Waals surface area contributed by atoms with Crippen molar-refractivity contribution >= 4 is 0 Å². The average Bonchev–Trinajstić information content (AvgIpc) is 3.11. The summed E-state index contributed by atoms with van der Waals surface area (Å²) >= 11 is 0. The summed E-state index contributed by atoms with van der Waals surface area (Å²) in [6.45, 7) is 2.26. The van der Waals surface area contributed by atoms with Crippen molar-refractivity contribution in [2.75, 3.05) is 7.11 Å². The molecule has 0 spiro atoms. The van der Waals surface area contributed by atoms with Gasteiger partial charge in [-0.25, -0.2) is 0 Å². The predicted molar refractivity (Wildman–Crippen MR) is 63.0 cm³/mol. The first-order chi connectivity index (χ1) is 7.36. The van der Waals surface area contributed by atoms with Crippen molar-refractivity contribution in [2.45, 2.75) is 38.2 Å². The lowest BCUT2D eigenvalue weighted by atomic mass is 9.88. The van der Waals surface area contributed by atoms with E-state index in [9.17, 15) is 0 Å². The maximum atomic E-state index is 5.68. The number of ether oxygens (including phenoxy) is 1. The fraction of sp³-hybridized carbons (Fsp3) is 0.571. The molecule has 15 heavy (non-hydrogen) atoms. The normalized spacial score (nSPS) is 19.9. The SMILES string of the molecule is CCC(c1ccccc1)C(OC)C1CC1. The molecule has 2 unspecified atom stereocenters. The molecule has 0 radical (unpaired) electrons. The van der Waals surface area contributed by atoms with Gasteiger partial charge in [-0.2, -0.15) is 0 Å². The lowest BCUT2D eigenvalue weighted by molar-refractivity contribution is 0.0596. The van der Waals surface area contributed by atoms with Gasteiger partial charge in [0.25, 0.3) is 0 Å². The lowest BCUT2D eigenvalue weighted by Crippen LogP contribution is -2.22. The quantitative estimate of drug-likeness (QED) is 0.712. The monoisotopic (exact) mass is 204 g/mol. The highest BCUT2D eigenvalue weighted by Gasteiger charge is 2.36. The minimum atomic E-state index is 0.428. The van der Waals surface area contributed by atoms with E-state index in [2.05, 4.69) is 37.3 Å². The maximum Gasteiger partial charge on any atom is 0.0667 e. The van der Waals surface area contributed by atoms with E-state index in [1.54, 1.807) is 0 Å².